The molecule has 0 aliphatic carbocycles. The zero-order valence-corrected chi connectivity index (χ0v) is 14.1. The summed E-state index contributed by atoms with van der Waals surface area (Å²) in [5.74, 6) is -1.20. The Labute approximate surface area is 142 Å². The van der Waals surface area contributed by atoms with Crippen molar-refractivity contribution in [2.75, 3.05) is 33.8 Å². The minimum Gasteiger partial charge on any atom is -0.467 e. The number of ether oxygens (including phenoxy) is 1. The number of pyridine rings is 1. The van der Waals surface area contributed by atoms with E-state index >= 15 is 0 Å². The number of amides is 2. The maximum Gasteiger partial charge on any atom is 0.422 e. The van der Waals surface area contributed by atoms with Gasteiger partial charge in [0.25, 0.3) is 5.91 Å². The molecule has 0 radical (unpaired) electrons. The molecule has 0 atom stereocenters. The van der Waals surface area contributed by atoms with Gasteiger partial charge in [-0.25, -0.2) is 4.98 Å². The fourth-order valence-corrected chi connectivity index (χ4v) is 1.83. The van der Waals surface area contributed by atoms with Crippen LogP contribution in [0.3, 0.4) is 0 Å². The van der Waals surface area contributed by atoms with Gasteiger partial charge in [0.2, 0.25) is 11.8 Å². The Bertz CT molecular complexity index is 609. The summed E-state index contributed by atoms with van der Waals surface area (Å²) in [7, 11) is 3.12. The van der Waals surface area contributed by atoms with Crippen LogP contribution in [0.1, 0.15) is 17.3 Å². The molecule has 0 fully saturated rings. The van der Waals surface area contributed by atoms with Crippen molar-refractivity contribution in [1.82, 2.24) is 14.8 Å². The van der Waals surface area contributed by atoms with Crippen LogP contribution in [0, 0.1) is 0 Å². The highest BCUT2D eigenvalue weighted by Crippen LogP contribution is 2.25. The standard InChI is InChI=1S/C14H17ClF3N3O3/c1-4-21(7-11(22)20(2)3)13(23)9-5-10(15)12(19-6-9)24-8-14(16,17)18/h5-6H,4,7-8H2,1-3H3. The van der Waals surface area contributed by atoms with Gasteiger partial charge in [0, 0.05) is 26.8 Å². The van der Waals surface area contributed by atoms with E-state index < -0.39 is 24.6 Å². The van der Waals surface area contributed by atoms with Crippen molar-refractivity contribution in [2.24, 2.45) is 0 Å². The molecule has 0 spiro atoms. The number of hydrogen-bond donors (Lipinski definition) is 0. The van der Waals surface area contributed by atoms with E-state index in [1.165, 1.54) is 9.80 Å². The predicted octanol–water partition coefficient (Wildman–Crippen LogP) is 2.23. The number of nitrogens with zero attached hydrogens (tertiary/aromatic N) is 3. The molecule has 134 valence electrons. The van der Waals surface area contributed by atoms with Crippen LogP contribution in [0.2, 0.25) is 5.02 Å². The van der Waals surface area contributed by atoms with Crippen molar-refractivity contribution < 1.29 is 27.5 Å². The molecule has 0 saturated heterocycles. The van der Waals surface area contributed by atoms with Gasteiger partial charge < -0.3 is 14.5 Å². The molecule has 6 nitrogen and oxygen atoms in total. The smallest absolute Gasteiger partial charge is 0.422 e. The molecule has 10 heteroatoms. The summed E-state index contributed by atoms with van der Waals surface area (Å²) < 4.78 is 40.8. The predicted molar refractivity (Wildman–Crippen MR) is 81.1 cm³/mol. The molecule has 0 unspecified atom stereocenters. The lowest BCUT2D eigenvalue weighted by molar-refractivity contribution is -0.154. The van der Waals surface area contributed by atoms with Crippen molar-refractivity contribution in [3.05, 3.63) is 22.8 Å². The molecule has 1 aromatic heterocycles. The van der Waals surface area contributed by atoms with Crippen LogP contribution in [0.15, 0.2) is 12.3 Å². The summed E-state index contributed by atoms with van der Waals surface area (Å²) in [6.45, 7) is 0.288. The van der Waals surface area contributed by atoms with Crippen LogP contribution < -0.4 is 4.74 Å². The summed E-state index contributed by atoms with van der Waals surface area (Å²) in [6.07, 6.45) is -3.46. The summed E-state index contributed by atoms with van der Waals surface area (Å²) in [5.41, 5.74) is 0.0489. The minimum absolute atomic E-state index is 0.0489. The molecule has 0 aliphatic heterocycles. The zero-order valence-electron chi connectivity index (χ0n) is 13.4. The van der Waals surface area contributed by atoms with Crippen LogP contribution in [0.5, 0.6) is 5.88 Å². The number of likely N-dealkylation sites (N-methyl/N-ethyl adjacent to an activating group) is 2. The van der Waals surface area contributed by atoms with E-state index in [1.54, 1.807) is 21.0 Å². The van der Waals surface area contributed by atoms with Gasteiger partial charge in [0.1, 0.15) is 5.02 Å². The number of carbonyl (C=O) groups excluding carboxylic acids is 2. The molecule has 2 amide bonds. The normalized spacial score (nSPS) is 11.1. The third-order valence-corrected chi connectivity index (χ3v) is 3.19. The van der Waals surface area contributed by atoms with E-state index in [0.717, 1.165) is 12.3 Å². The number of rotatable bonds is 6. The number of halogens is 4. The van der Waals surface area contributed by atoms with E-state index in [-0.39, 0.29) is 29.6 Å². The zero-order chi connectivity index (χ0) is 18.5. The van der Waals surface area contributed by atoms with Crippen LogP contribution in [-0.2, 0) is 4.79 Å². The topological polar surface area (TPSA) is 62.7 Å². The quantitative estimate of drug-likeness (QED) is 0.773. The van der Waals surface area contributed by atoms with E-state index in [1.807, 2.05) is 0 Å². The largest absolute Gasteiger partial charge is 0.467 e. The summed E-state index contributed by atoms with van der Waals surface area (Å²) in [5, 5.41) is -0.222. The monoisotopic (exact) mass is 367 g/mol. The molecule has 0 bridgehead atoms. The number of hydrogen-bond acceptors (Lipinski definition) is 4. The Hall–Kier alpha value is -2.03. The second kappa shape index (κ2) is 8.18. The van der Waals surface area contributed by atoms with Crippen molar-refractivity contribution in [3.63, 3.8) is 0 Å². The molecular formula is C14H17ClF3N3O3. The maximum atomic E-state index is 12.4. The number of carbonyl (C=O) groups is 2. The summed E-state index contributed by atoms with van der Waals surface area (Å²) in [6, 6.07) is 1.16. The first-order valence-corrected chi connectivity index (χ1v) is 7.27. The Morgan fingerprint density at radius 1 is 1.33 bits per heavy atom. The van der Waals surface area contributed by atoms with E-state index in [9.17, 15) is 22.8 Å². The minimum atomic E-state index is -4.52. The van der Waals surface area contributed by atoms with Crippen molar-refractivity contribution in [1.29, 1.82) is 0 Å². The van der Waals surface area contributed by atoms with Crippen LogP contribution >= 0.6 is 11.6 Å². The van der Waals surface area contributed by atoms with Gasteiger partial charge in [-0.3, -0.25) is 9.59 Å². The van der Waals surface area contributed by atoms with Crippen molar-refractivity contribution in [3.8, 4) is 5.88 Å². The Morgan fingerprint density at radius 2 is 1.96 bits per heavy atom. The Morgan fingerprint density at radius 3 is 2.42 bits per heavy atom. The first-order chi connectivity index (χ1) is 11.0. The van der Waals surface area contributed by atoms with E-state index in [4.69, 9.17) is 11.6 Å². The SMILES string of the molecule is CCN(CC(=O)N(C)C)C(=O)c1cnc(OCC(F)(F)F)c(Cl)c1. The van der Waals surface area contributed by atoms with Crippen LogP contribution in [-0.4, -0.2) is 66.6 Å². The Kier molecular flexibility index (Phi) is 6.82. The van der Waals surface area contributed by atoms with Crippen LogP contribution in [0.4, 0.5) is 13.2 Å². The first-order valence-electron chi connectivity index (χ1n) is 6.89. The average molecular weight is 368 g/mol. The molecule has 1 rings (SSSR count). The Balaban J connectivity index is 2.87. The highest BCUT2D eigenvalue weighted by molar-refractivity contribution is 6.32. The van der Waals surface area contributed by atoms with Crippen molar-refractivity contribution >= 4 is 23.4 Å². The van der Waals surface area contributed by atoms with Gasteiger partial charge in [0.05, 0.1) is 12.1 Å². The highest BCUT2D eigenvalue weighted by atomic mass is 35.5. The van der Waals surface area contributed by atoms with Gasteiger partial charge in [-0.2, -0.15) is 13.2 Å². The molecule has 0 aliphatic rings. The van der Waals surface area contributed by atoms with E-state index in [0.29, 0.717) is 0 Å². The molecular weight excluding hydrogens is 351 g/mol. The lowest BCUT2D eigenvalue weighted by atomic mass is 10.2. The van der Waals surface area contributed by atoms with E-state index in [2.05, 4.69) is 9.72 Å². The highest BCUT2D eigenvalue weighted by Gasteiger charge is 2.29. The lowest BCUT2D eigenvalue weighted by Gasteiger charge is -2.22. The third kappa shape index (κ3) is 5.88. The van der Waals surface area contributed by atoms with Gasteiger partial charge in [-0.05, 0) is 13.0 Å². The van der Waals surface area contributed by atoms with Gasteiger partial charge >= 0.3 is 6.18 Å². The molecule has 24 heavy (non-hydrogen) atoms. The molecule has 0 N–H and O–H groups in total. The van der Waals surface area contributed by atoms with Gasteiger partial charge in [-0.1, -0.05) is 11.6 Å². The molecule has 1 aromatic rings. The molecule has 1 heterocycles. The number of aromatic nitrogens is 1. The first kappa shape index (κ1) is 20.0. The average Bonchev–Trinajstić information content (AvgIpc) is 2.49. The molecule has 0 saturated carbocycles. The molecule has 0 aromatic carbocycles. The fraction of sp³-hybridized carbons (Fsp3) is 0.500. The summed E-state index contributed by atoms with van der Waals surface area (Å²) in [4.78, 5) is 30.3. The fourth-order valence-electron chi connectivity index (χ4n) is 1.61. The van der Waals surface area contributed by atoms with Gasteiger partial charge in [-0.15, -0.1) is 0 Å². The second-order valence-corrected chi connectivity index (χ2v) is 5.43. The van der Waals surface area contributed by atoms with Crippen LogP contribution in [0.25, 0.3) is 0 Å². The third-order valence-electron chi connectivity index (χ3n) is 2.92. The number of alkyl halides is 3. The maximum absolute atomic E-state index is 12.4. The second-order valence-electron chi connectivity index (χ2n) is 5.02. The van der Waals surface area contributed by atoms with Crippen molar-refractivity contribution in [2.45, 2.75) is 13.1 Å². The summed E-state index contributed by atoms with van der Waals surface area (Å²) >= 11 is 5.81. The van der Waals surface area contributed by atoms with Gasteiger partial charge in [0.15, 0.2) is 6.61 Å². The lowest BCUT2D eigenvalue weighted by Crippen LogP contribution is -2.40.